The smallest absolute Gasteiger partial charge is 0.273 e. The van der Waals surface area contributed by atoms with Gasteiger partial charge in [-0.1, -0.05) is 19.8 Å². The van der Waals surface area contributed by atoms with Crippen LogP contribution in [-0.2, 0) is 4.79 Å². The average Bonchev–Trinajstić information content (AvgIpc) is 2.32. The van der Waals surface area contributed by atoms with Crippen LogP contribution < -0.4 is 5.32 Å². The van der Waals surface area contributed by atoms with Gasteiger partial charge in [0.2, 0.25) is 5.91 Å². The Labute approximate surface area is 105 Å². The minimum atomic E-state index is -0.605. The summed E-state index contributed by atoms with van der Waals surface area (Å²) in [5.74, 6) is -0.499. The molecule has 0 aliphatic rings. The van der Waals surface area contributed by atoms with Gasteiger partial charge in [0.1, 0.15) is 5.75 Å². The number of nitrogens with zero attached hydrogens (tertiary/aromatic N) is 1. The first-order valence-electron chi connectivity index (χ1n) is 5.82. The number of nitrogens with one attached hydrogen (secondary N) is 1. The molecule has 0 aromatic heterocycles. The van der Waals surface area contributed by atoms with E-state index in [0.29, 0.717) is 6.42 Å². The first kappa shape index (κ1) is 14.0. The topological polar surface area (TPSA) is 92.5 Å². The summed E-state index contributed by atoms with van der Waals surface area (Å²) < 4.78 is 0. The molecular formula is C12H16N2O4. The van der Waals surface area contributed by atoms with Gasteiger partial charge in [-0.3, -0.25) is 14.9 Å². The van der Waals surface area contributed by atoms with E-state index in [9.17, 15) is 20.0 Å². The molecule has 1 aromatic carbocycles. The second-order valence-corrected chi connectivity index (χ2v) is 3.96. The van der Waals surface area contributed by atoms with Gasteiger partial charge < -0.3 is 10.4 Å². The molecule has 0 fully saturated rings. The third-order valence-electron chi connectivity index (χ3n) is 2.47. The van der Waals surface area contributed by atoms with E-state index in [0.717, 1.165) is 25.3 Å². The van der Waals surface area contributed by atoms with Gasteiger partial charge >= 0.3 is 0 Å². The van der Waals surface area contributed by atoms with Crippen molar-refractivity contribution >= 4 is 17.3 Å². The number of nitro benzene ring substituents is 1. The first-order chi connectivity index (χ1) is 8.54. The highest BCUT2D eigenvalue weighted by molar-refractivity contribution is 5.92. The zero-order valence-corrected chi connectivity index (χ0v) is 10.2. The van der Waals surface area contributed by atoms with Gasteiger partial charge in [0.05, 0.1) is 16.7 Å². The molecule has 0 saturated carbocycles. The molecule has 1 rings (SSSR count). The van der Waals surface area contributed by atoms with Crippen molar-refractivity contribution in [2.24, 2.45) is 0 Å². The Morgan fingerprint density at radius 3 is 2.72 bits per heavy atom. The monoisotopic (exact) mass is 252 g/mol. The Bertz CT molecular complexity index is 446. The van der Waals surface area contributed by atoms with Crippen molar-refractivity contribution in [1.82, 2.24) is 0 Å². The number of rotatable bonds is 6. The van der Waals surface area contributed by atoms with Crippen LogP contribution in [0.4, 0.5) is 11.4 Å². The van der Waals surface area contributed by atoms with Crippen molar-refractivity contribution < 1.29 is 14.8 Å². The molecule has 6 nitrogen and oxygen atoms in total. The minimum absolute atomic E-state index is 0.196. The summed E-state index contributed by atoms with van der Waals surface area (Å²) in [6.45, 7) is 2.04. The normalized spacial score (nSPS) is 10.1. The van der Waals surface area contributed by atoms with Gasteiger partial charge in [-0.2, -0.15) is 0 Å². The van der Waals surface area contributed by atoms with E-state index in [1.165, 1.54) is 12.1 Å². The molecule has 1 aromatic rings. The van der Waals surface area contributed by atoms with Crippen LogP contribution in [0, 0.1) is 10.1 Å². The lowest BCUT2D eigenvalue weighted by Crippen LogP contribution is -2.11. The van der Waals surface area contributed by atoms with Gasteiger partial charge in [0, 0.05) is 12.5 Å². The highest BCUT2D eigenvalue weighted by Gasteiger charge is 2.11. The fourth-order valence-electron chi connectivity index (χ4n) is 1.49. The lowest BCUT2D eigenvalue weighted by Gasteiger charge is -2.06. The third-order valence-corrected chi connectivity index (χ3v) is 2.47. The maximum Gasteiger partial charge on any atom is 0.273 e. The molecule has 18 heavy (non-hydrogen) atoms. The van der Waals surface area contributed by atoms with Crippen molar-refractivity contribution in [3.63, 3.8) is 0 Å². The number of amides is 1. The standard InChI is InChI=1S/C12H16N2O4/c1-2-3-4-5-12(16)13-10-7-6-9(14(17)18)8-11(10)15/h6-8,15H,2-5H2,1H3,(H,13,16). The Kier molecular flexibility index (Phi) is 5.10. The van der Waals surface area contributed by atoms with Crippen molar-refractivity contribution in [3.8, 4) is 5.75 Å². The fraction of sp³-hybridized carbons (Fsp3) is 0.417. The number of phenolic OH excluding ortho intramolecular Hbond substituents is 1. The number of benzene rings is 1. The summed E-state index contributed by atoms with van der Waals surface area (Å²) in [6, 6.07) is 3.58. The Morgan fingerprint density at radius 1 is 1.44 bits per heavy atom. The lowest BCUT2D eigenvalue weighted by molar-refractivity contribution is -0.384. The summed E-state index contributed by atoms with van der Waals surface area (Å²) in [5, 5.41) is 22.5. The van der Waals surface area contributed by atoms with Crippen LogP contribution >= 0.6 is 0 Å². The van der Waals surface area contributed by atoms with Crippen LogP contribution in [0.1, 0.15) is 32.6 Å². The third kappa shape index (κ3) is 4.04. The van der Waals surface area contributed by atoms with Gasteiger partial charge in [-0.15, -0.1) is 0 Å². The van der Waals surface area contributed by atoms with Gasteiger partial charge in [-0.25, -0.2) is 0 Å². The van der Waals surface area contributed by atoms with E-state index in [4.69, 9.17) is 0 Å². The number of carbonyl (C=O) groups is 1. The van der Waals surface area contributed by atoms with E-state index < -0.39 is 4.92 Å². The molecule has 0 atom stereocenters. The van der Waals surface area contributed by atoms with E-state index in [-0.39, 0.29) is 23.0 Å². The molecule has 0 heterocycles. The van der Waals surface area contributed by atoms with Crippen molar-refractivity contribution in [2.75, 3.05) is 5.32 Å². The second-order valence-electron chi connectivity index (χ2n) is 3.96. The molecule has 0 spiro atoms. The predicted molar refractivity (Wildman–Crippen MR) is 67.5 cm³/mol. The molecule has 0 radical (unpaired) electrons. The molecule has 98 valence electrons. The van der Waals surface area contributed by atoms with E-state index >= 15 is 0 Å². The highest BCUT2D eigenvalue weighted by Crippen LogP contribution is 2.27. The number of nitro groups is 1. The average molecular weight is 252 g/mol. The maximum atomic E-state index is 11.5. The van der Waals surface area contributed by atoms with Crippen LogP contribution in [-0.4, -0.2) is 15.9 Å². The fourth-order valence-corrected chi connectivity index (χ4v) is 1.49. The Balaban J connectivity index is 2.62. The van der Waals surface area contributed by atoms with E-state index in [2.05, 4.69) is 5.32 Å². The zero-order valence-electron chi connectivity index (χ0n) is 10.2. The summed E-state index contributed by atoms with van der Waals surface area (Å²) in [6.07, 6.45) is 3.16. The predicted octanol–water partition coefficient (Wildman–Crippen LogP) is 2.82. The van der Waals surface area contributed by atoms with Crippen molar-refractivity contribution in [1.29, 1.82) is 0 Å². The minimum Gasteiger partial charge on any atom is -0.506 e. The molecule has 6 heteroatoms. The highest BCUT2D eigenvalue weighted by atomic mass is 16.6. The summed E-state index contributed by atoms with van der Waals surface area (Å²) in [4.78, 5) is 21.4. The number of phenols is 1. The molecule has 0 unspecified atom stereocenters. The van der Waals surface area contributed by atoms with Crippen LogP contribution in [0.15, 0.2) is 18.2 Å². The quantitative estimate of drug-likeness (QED) is 0.352. The molecule has 2 N–H and O–H groups in total. The van der Waals surface area contributed by atoms with E-state index in [1.54, 1.807) is 0 Å². The number of non-ortho nitro benzene ring substituents is 1. The van der Waals surface area contributed by atoms with Crippen LogP contribution in [0.5, 0.6) is 5.75 Å². The summed E-state index contributed by atoms with van der Waals surface area (Å²) >= 11 is 0. The SMILES string of the molecule is CCCCCC(=O)Nc1ccc([N+](=O)[O-])cc1O. The zero-order chi connectivity index (χ0) is 13.5. The molecule has 0 bridgehead atoms. The first-order valence-corrected chi connectivity index (χ1v) is 5.82. The van der Waals surface area contributed by atoms with E-state index in [1.807, 2.05) is 6.92 Å². The molecule has 0 aliphatic heterocycles. The largest absolute Gasteiger partial charge is 0.506 e. The van der Waals surface area contributed by atoms with Crippen molar-refractivity contribution in [3.05, 3.63) is 28.3 Å². The second kappa shape index (κ2) is 6.58. The van der Waals surface area contributed by atoms with Crippen LogP contribution in [0.3, 0.4) is 0 Å². The summed E-state index contributed by atoms with van der Waals surface area (Å²) in [5.41, 5.74) is -0.0152. The molecule has 0 saturated heterocycles. The Morgan fingerprint density at radius 2 is 2.17 bits per heavy atom. The van der Waals surface area contributed by atoms with Crippen LogP contribution in [0.2, 0.25) is 0 Å². The number of carbonyl (C=O) groups excluding carboxylic acids is 1. The van der Waals surface area contributed by atoms with Crippen LogP contribution in [0.25, 0.3) is 0 Å². The number of unbranched alkanes of at least 4 members (excludes halogenated alkanes) is 2. The number of anilines is 1. The van der Waals surface area contributed by atoms with Gasteiger partial charge in [0.25, 0.3) is 5.69 Å². The Hall–Kier alpha value is -2.11. The molecule has 0 aliphatic carbocycles. The van der Waals surface area contributed by atoms with Gasteiger partial charge in [0.15, 0.2) is 0 Å². The maximum absolute atomic E-state index is 11.5. The number of hydrogen-bond donors (Lipinski definition) is 2. The number of aromatic hydroxyl groups is 1. The molecule has 1 amide bonds. The summed E-state index contributed by atoms with van der Waals surface area (Å²) in [7, 11) is 0. The van der Waals surface area contributed by atoms with Crippen molar-refractivity contribution in [2.45, 2.75) is 32.6 Å². The molecular weight excluding hydrogens is 236 g/mol. The lowest BCUT2D eigenvalue weighted by atomic mass is 10.2. The number of hydrogen-bond acceptors (Lipinski definition) is 4. The van der Waals surface area contributed by atoms with Gasteiger partial charge in [-0.05, 0) is 12.5 Å².